The van der Waals surface area contributed by atoms with Crippen molar-refractivity contribution in [3.8, 4) is 5.75 Å². The van der Waals surface area contributed by atoms with Crippen molar-refractivity contribution in [3.63, 3.8) is 0 Å². The maximum Gasteiger partial charge on any atom is 0.246 e. The zero-order valence-corrected chi connectivity index (χ0v) is 23.3. The first-order valence-electron chi connectivity index (χ1n) is 12.9. The lowest BCUT2D eigenvalue weighted by molar-refractivity contribution is -0.145. The molecule has 2 N–H and O–H groups in total. The van der Waals surface area contributed by atoms with Crippen LogP contribution in [0.4, 0.5) is 0 Å². The molecule has 8 nitrogen and oxygen atoms in total. The normalized spacial score (nSPS) is 29.4. The minimum Gasteiger partial charge on any atom is -0.497 e. The molecule has 0 aliphatic carbocycles. The predicted octanol–water partition coefficient (Wildman–Crippen LogP) is 3.07. The number of nitrogens with zero attached hydrogens (tertiary/aromatic N) is 1. The van der Waals surface area contributed by atoms with Crippen LogP contribution in [-0.4, -0.2) is 59.1 Å². The van der Waals surface area contributed by atoms with Gasteiger partial charge < -0.3 is 25.0 Å². The van der Waals surface area contributed by atoms with Crippen LogP contribution in [0.1, 0.15) is 38.1 Å². The van der Waals surface area contributed by atoms with Gasteiger partial charge in [-0.3, -0.25) is 14.4 Å². The van der Waals surface area contributed by atoms with Gasteiger partial charge in [0, 0.05) is 17.0 Å². The Morgan fingerprint density at radius 2 is 1.87 bits per heavy atom. The van der Waals surface area contributed by atoms with Crippen molar-refractivity contribution in [3.05, 3.63) is 64.4 Å². The van der Waals surface area contributed by atoms with Crippen LogP contribution in [0.25, 0.3) is 0 Å². The van der Waals surface area contributed by atoms with E-state index in [1.807, 2.05) is 81.6 Å². The maximum absolute atomic E-state index is 14.1. The molecule has 9 heteroatoms. The van der Waals surface area contributed by atoms with Crippen LogP contribution in [-0.2, 0) is 32.1 Å². The van der Waals surface area contributed by atoms with Gasteiger partial charge in [0.15, 0.2) is 0 Å². The second-order valence-electron chi connectivity index (χ2n) is 11.5. The Morgan fingerprint density at radius 1 is 1.13 bits per heavy atom. The zero-order chi connectivity index (χ0) is 27.3. The molecule has 3 aliphatic rings. The van der Waals surface area contributed by atoms with E-state index < -0.39 is 34.6 Å². The summed E-state index contributed by atoms with van der Waals surface area (Å²) in [7, 11) is 1.62. The summed E-state index contributed by atoms with van der Waals surface area (Å²) < 4.78 is 11.8. The Kier molecular flexibility index (Phi) is 6.64. The minimum absolute atomic E-state index is 0.225. The van der Waals surface area contributed by atoms with Gasteiger partial charge in [0.2, 0.25) is 17.7 Å². The standard InChI is InChI=1S/C29H35N3O5S/c1-27(2,3)31-25(34)23-29-14-13-28(4,37-29)21(24(33)30-17-20-7-6-16-38-20)22(29)26(35)32(23)15-12-18-8-10-19(36-5)11-9-18/h6-11,13-14,16,21-23H,12,15,17H2,1-5H3,(H,30,33)(H,31,34). The second-order valence-corrected chi connectivity index (χ2v) is 12.5. The molecule has 4 heterocycles. The van der Waals surface area contributed by atoms with E-state index in [0.29, 0.717) is 19.5 Å². The molecule has 2 fully saturated rings. The first-order chi connectivity index (χ1) is 18.0. The van der Waals surface area contributed by atoms with Crippen LogP contribution in [0.15, 0.2) is 53.9 Å². The average Bonchev–Trinajstić information content (AvgIpc) is 3.60. The van der Waals surface area contributed by atoms with E-state index in [4.69, 9.17) is 9.47 Å². The molecule has 3 amide bonds. The van der Waals surface area contributed by atoms with E-state index in [1.54, 1.807) is 23.3 Å². The van der Waals surface area contributed by atoms with Crippen molar-refractivity contribution < 1.29 is 23.9 Å². The summed E-state index contributed by atoms with van der Waals surface area (Å²) in [5, 5.41) is 8.02. The highest BCUT2D eigenvalue weighted by atomic mass is 32.1. The van der Waals surface area contributed by atoms with Crippen LogP contribution in [0.5, 0.6) is 5.75 Å². The van der Waals surface area contributed by atoms with E-state index in [2.05, 4.69) is 10.6 Å². The topological polar surface area (TPSA) is 97.0 Å². The molecular formula is C29H35N3O5S. The van der Waals surface area contributed by atoms with Crippen LogP contribution in [0.3, 0.4) is 0 Å². The summed E-state index contributed by atoms with van der Waals surface area (Å²) in [5.41, 5.74) is -1.66. The molecule has 0 saturated carbocycles. The fraction of sp³-hybridized carbons (Fsp3) is 0.483. The van der Waals surface area contributed by atoms with E-state index in [-0.39, 0.29) is 17.7 Å². The molecule has 1 spiro atoms. The number of hydrogen-bond donors (Lipinski definition) is 2. The fourth-order valence-corrected chi connectivity index (χ4v) is 6.69. The van der Waals surface area contributed by atoms with Gasteiger partial charge in [-0.15, -0.1) is 11.3 Å². The average molecular weight is 538 g/mol. The Labute approximate surface area is 227 Å². The molecule has 0 radical (unpaired) electrons. The summed E-state index contributed by atoms with van der Waals surface area (Å²) in [6, 6.07) is 10.7. The van der Waals surface area contributed by atoms with E-state index in [1.165, 1.54) is 0 Å². The van der Waals surface area contributed by atoms with Crippen molar-refractivity contribution in [1.82, 2.24) is 15.5 Å². The van der Waals surface area contributed by atoms with E-state index in [0.717, 1.165) is 16.2 Å². The van der Waals surface area contributed by atoms with Crippen LogP contribution >= 0.6 is 11.3 Å². The summed E-state index contributed by atoms with van der Waals surface area (Å²) in [6.07, 6.45) is 4.25. The molecule has 1 aromatic carbocycles. The third-order valence-corrected chi connectivity index (χ3v) is 8.52. The number of amides is 3. The number of fused-ring (bicyclic) bond motifs is 1. The number of hydrogen-bond acceptors (Lipinski definition) is 6. The Bertz CT molecular complexity index is 1250. The third-order valence-electron chi connectivity index (χ3n) is 7.64. The number of methoxy groups -OCH3 is 1. The van der Waals surface area contributed by atoms with Crippen molar-refractivity contribution in [2.24, 2.45) is 11.8 Å². The third kappa shape index (κ3) is 4.52. The molecule has 2 saturated heterocycles. The molecule has 2 bridgehead atoms. The highest BCUT2D eigenvalue weighted by Crippen LogP contribution is 2.59. The van der Waals surface area contributed by atoms with Gasteiger partial charge in [-0.1, -0.05) is 30.4 Å². The van der Waals surface area contributed by atoms with Crippen LogP contribution < -0.4 is 15.4 Å². The van der Waals surface area contributed by atoms with Gasteiger partial charge in [-0.2, -0.15) is 0 Å². The van der Waals surface area contributed by atoms with Crippen molar-refractivity contribution in [2.45, 2.75) is 63.4 Å². The molecule has 1 aromatic heterocycles. The van der Waals surface area contributed by atoms with Gasteiger partial charge in [-0.05, 0) is 63.3 Å². The van der Waals surface area contributed by atoms with Gasteiger partial charge in [-0.25, -0.2) is 0 Å². The molecular weight excluding hydrogens is 502 g/mol. The number of carbonyl (C=O) groups is 3. The minimum atomic E-state index is -1.20. The summed E-state index contributed by atoms with van der Waals surface area (Å²) in [4.78, 5) is 44.1. The number of carbonyl (C=O) groups excluding carboxylic acids is 3. The number of nitrogens with one attached hydrogen (secondary N) is 2. The molecule has 38 heavy (non-hydrogen) atoms. The number of benzene rings is 1. The van der Waals surface area contributed by atoms with E-state index in [9.17, 15) is 14.4 Å². The Morgan fingerprint density at radius 3 is 2.50 bits per heavy atom. The lowest BCUT2D eigenvalue weighted by Gasteiger charge is -2.35. The van der Waals surface area contributed by atoms with Crippen molar-refractivity contribution in [2.75, 3.05) is 13.7 Å². The first-order valence-corrected chi connectivity index (χ1v) is 13.8. The van der Waals surface area contributed by atoms with E-state index >= 15 is 0 Å². The zero-order valence-electron chi connectivity index (χ0n) is 22.4. The molecule has 5 unspecified atom stereocenters. The molecule has 202 valence electrons. The molecule has 5 atom stereocenters. The lowest BCUT2D eigenvalue weighted by Crippen LogP contribution is -2.58. The molecule has 2 aromatic rings. The number of thiophene rings is 1. The fourth-order valence-electron chi connectivity index (χ4n) is 6.05. The smallest absolute Gasteiger partial charge is 0.246 e. The molecule has 3 aliphatic heterocycles. The number of ether oxygens (including phenoxy) is 2. The first kappa shape index (κ1) is 26.4. The number of rotatable bonds is 8. The van der Waals surface area contributed by atoms with Crippen LogP contribution in [0, 0.1) is 11.8 Å². The van der Waals surface area contributed by atoms with Crippen molar-refractivity contribution >= 4 is 29.1 Å². The second kappa shape index (κ2) is 9.54. The van der Waals surface area contributed by atoms with Crippen LogP contribution in [0.2, 0.25) is 0 Å². The van der Waals surface area contributed by atoms with Gasteiger partial charge >= 0.3 is 0 Å². The Hall–Kier alpha value is -3.17. The maximum atomic E-state index is 14.1. The predicted molar refractivity (Wildman–Crippen MR) is 145 cm³/mol. The Balaban J connectivity index is 1.45. The SMILES string of the molecule is COc1ccc(CCN2C(=O)C3C(C(=O)NCc4cccs4)C4(C)C=CC3(O4)C2C(=O)NC(C)(C)C)cc1. The lowest BCUT2D eigenvalue weighted by atomic mass is 9.70. The van der Waals surface area contributed by atoms with Crippen molar-refractivity contribution in [1.29, 1.82) is 0 Å². The monoisotopic (exact) mass is 537 g/mol. The summed E-state index contributed by atoms with van der Waals surface area (Å²) >= 11 is 1.56. The largest absolute Gasteiger partial charge is 0.497 e. The summed E-state index contributed by atoms with van der Waals surface area (Å²) in [5.74, 6) is -1.52. The van der Waals surface area contributed by atoms with Gasteiger partial charge in [0.25, 0.3) is 0 Å². The highest BCUT2D eigenvalue weighted by Gasteiger charge is 2.76. The van der Waals surface area contributed by atoms with Gasteiger partial charge in [0.05, 0.1) is 31.1 Å². The molecule has 5 rings (SSSR count). The van der Waals surface area contributed by atoms with Gasteiger partial charge in [0.1, 0.15) is 17.4 Å². The summed E-state index contributed by atoms with van der Waals surface area (Å²) in [6.45, 7) is 8.26. The highest BCUT2D eigenvalue weighted by molar-refractivity contribution is 7.09. The number of likely N-dealkylation sites (tertiary alicyclic amines) is 1. The quantitative estimate of drug-likeness (QED) is 0.505.